The first-order valence-electron chi connectivity index (χ1n) is 8.33. The maximum atomic E-state index is 13.3. The van der Waals surface area contributed by atoms with Gasteiger partial charge in [-0.2, -0.15) is 0 Å². The number of allylic oxidation sites excluding steroid dienone is 1. The summed E-state index contributed by atoms with van der Waals surface area (Å²) < 4.78 is 31.8. The van der Waals surface area contributed by atoms with Crippen molar-refractivity contribution in [2.24, 2.45) is 16.7 Å². The van der Waals surface area contributed by atoms with Crippen LogP contribution in [0.3, 0.4) is 0 Å². The Bertz CT molecular complexity index is 614. The Labute approximate surface area is 142 Å². The van der Waals surface area contributed by atoms with Crippen molar-refractivity contribution >= 4 is 5.97 Å². The Morgan fingerprint density at radius 3 is 2.25 bits per heavy atom. The molecule has 0 N–H and O–H groups in total. The third-order valence-corrected chi connectivity index (χ3v) is 4.84. The van der Waals surface area contributed by atoms with Gasteiger partial charge in [-0.25, -0.2) is 8.78 Å². The molecule has 1 unspecified atom stereocenters. The number of aryl methyl sites for hydroxylation is 1. The summed E-state index contributed by atoms with van der Waals surface area (Å²) in [5.41, 5.74) is 0.277. The molecule has 2 nitrogen and oxygen atoms in total. The van der Waals surface area contributed by atoms with Gasteiger partial charge < -0.3 is 4.74 Å². The van der Waals surface area contributed by atoms with Crippen LogP contribution >= 0.6 is 0 Å². The molecule has 4 heteroatoms. The highest BCUT2D eigenvalue weighted by Crippen LogP contribution is 2.47. The molecule has 1 saturated heterocycles. The van der Waals surface area contributed by atoms with Crippen LogP contribution in [-0.4, -0.2) is 12.1 Å². The standard InChI is InChI=1S/C20H26F2O2/c1-6-19(2,3)12-20(4,5)17-16(24-18(17)23)8-7-13-9-14(21)11-15(22)10-13/h6,9-11,16-17H,1,7-8,12H2,2-5H3/t16-,17?/m1/s1. The molecule has 1 aromatic rings. The van der Waals surface area contributed by atoms with Crippen LogP contribution in [-0.2, 0) is 16.0 Å². The lowest BCUT2D eigenvalue weighted by Gasteiger charge is -2.47. The quantitative estimate of drug-likeness (QED) is 0.513. The zero-order chi connectivity index (χ0) is 18.1. The van der Waals surface area contributed by atoms with Crippen molar-refractivity contribution in [1.82, 2.24) is 0 Å². The molecule has 1 aromatic carbocycles. The molecular weight excluding hydrogens is 310 g/mol. The summed E-state index contributed by atoms with van der Waals surface area (Å²) in [7, 11) is 0. The van der Waals surface area contributed by atoms with E-state index in [0.717, 1.165) is 12.5 Å². The fourth-order valence-electron chi connectivity index (χ4n) is 3.84. The van der Waals surface area contributed by atoms with E-state index in [0.29, 0.717) is 18.4 Å². The molecule has 24 heavy (non-hydrogen) atoms. The summed E-state index contributed by atoms with van der Waals surface area (Å²) in [6, 6.07) is 3.51. The van der Waals surface area contributed by atoms with Crippen molar-refractivity contribution in [3.63, 3.8) is 0 Å². The Hall–Kier alpha value is -1.71. The monoisotopic (exact) mass is 336 g/mol. The van der Waals surface area contributed by atoms with Crippen LogP contribution in [0.1, 0.15) is 46.1 Å². The second-order valence-corrected chi connectivity index (χ2v) is 8.13. The van der Waals surface area contributed by atoms with E-state index in [4.69, 9.17) is 4.74 Å². The third kappa shape index (κ3) is 4.22. The average Bonchev–Trinajstić information content (AvgIpc) is 2.40. The average molecular weight is 336 g/mol. The van der Waals surface area contributed by atoms with Gasteiger partial charge in [-0.15, -0.1) is 6.58 Å². The minimum absolute atomic E-state index is 0.0738. The molecular formula is C20H26F2O2. The fraction of sp³-hybridized carbons (Fsp3) is 0.550. The number of ether oxygens (including phenoxy) is 1. The molecule has 0 radical (unpaired) electrons. The minimum atomic E-state index is -0.583. The highest BCUT2D eigenvalue weighted by atomic mass is 19.1. The third-order valence-electron chi connectivity index (χ3n) is 4.84. The Balaban J connectivity index is 2.03. The van der Waals surface area contributed by atoms with Crippen LogP contribution in [0.5, 0.6) is 0 Å². The van der Waals surface area contributed by atoms with Gasteiger partial charge in [-0.3, -0.25) is 4.79 Å². The molecule has 132 valence electrons. The van der Waals surface area contributed by atoms with Crippen LogP contribution < -0.4 is 0 Å². The Morgan fingerprint density at radius 1 is 1.17 bits per heavy atom. The van der Waals surface area contributed by atoms with E-state index in [-0.39, 0.29) is 28.8 Å². The SMILES string of the molecule is C=CC(C)(C)CC(C)(C)C1C(=O)O[C@@H]1CCc1cc(F)cc(F)c1. The summed E-state index contributed by atoms with van der Waals surface area (Å²) in [5.74, 6) is -1.55. The Kier molecular flexibility index (Phi) is 5.17. The number of hydrogen-bond donors (Lipinski definition) is 0. The highest BCUT2D eigenvalue weighted by molar-refractivity contribution is 5.79. The number of hydrogen-bond acceptors (Lipinski definition) is 2. The predicted molar refractivity (Wildman–Crippen MR) is 90.4 cm³/mol. The van der Waals surface area contributed by atoms with E-state index >= 15 is 0 Å². The van der Waals surface area contributed by atoms with Gasteiger partial charge in [0.1, 0.15) is 17.7 Å². The molecule has 0 aliphatic carbocycles. The molecule has 0 aromatic heterocycles. The lowest BCUT2D eigenvalue weighted by Crippen LogP contribution is -2.53. The van der Waals surface area contributed by atoms with Gasteiger partial charge in [0.25, 0.3) is 0 Å². The van der Waals surface area contributed by atoms with E-state index in [2.05, 4.69) is 34.3 Å². The van der Waals surface area contributed by atoms with Crippen LogP contribution in [0.25, 0.3) is 0 Å². The van der Waals surface area contributed by atoms with Gasteiger partial charge in [0, 0.05) is 6.07 Å². The van der Waals surface area contributed by atoms with Gasteiger partial charge in [0.05, 0.1) is 5.92 Å². The number of benzene rings is 1. The molecule has 0 bridgehead atoms. The highest BCUT2D eigenvalue weighted by Gasteiger charge is 2.52. The van der Waals surface area contributed by atoms with Gasteiger partial charge in [0.2, 0.25) is 0 Å². The molecule has 2 rings (SSSR count). The first-order chi connectivity index (χ1) is 11.0. The second-order valence-electron chi connectivity index (χ2n) is 8.13. The molecule has 0 amide bonds. The molecule has 1 aliphatic heterocycles. The summed E-state index contributed by atoms with van der Waals surface area (Å²) in [6.45, 7) is 12.2. The maximum absolute atomic E-state index is 13.3. The number of halogens is 2. The lowest BCUT2D eigenvalue weighted by atomic mass is 9.64. The zero-order valence-electron chi connectivity index (χ0n) is 14.9. The second kappa shape index (κ2) is 6.66. The zero-order valence-corrected chi connectivity index (χ0v) is 14.9. The van der Waals surface area contributed by atoms with Crippen molar-refractivity contribution in [3.05, 3.63) is 48.1 Å². The topological polar surface area (TPSA) is 26.3 Å². The van der Waals surface area contributed by atoms with Crippen molar-refractivity contribution in [2.75, 3.05) is 0 Å². The van der Waals surface area contributed by atoms with Crippen molar-refractivity contribution in [1.29, 1.82) is 0 Å². The van der Waals surface area contributed by atoms with Crippen LogP contribution in [0.2, 0.25) is 0 Å². The van der Waals surface area contributed by atoms with E-state index in [1.54, 1.807) is 0 Å². The number of carbonyl (C=O) groups excluding carboxylic acids is 1. The van der Waals surface area contributed by atoms with Gasteiger partial charge in [0.15, 0.2) is 0 Å². The molecule has 1 fully saturated rings. The first-order valence-corrected chi connectivity index (χ1v) is 8.33. The van der Waals surface area contributed by atoms with Crippen LogP contribution in [0.4, 0.5) is 8.78 Å². The molecule has 1 aliphatic rings. The largest absolute Gasteiger partial charge is 0.461 e. The molecule has 1 heterocycles. The van der Waals surface area contributed by atoms with Crippen molar-refractivity contribution in [2.45, 2.75) is 53.1 Å². The summed E-state index contributed by atoms with van der Waals surface area (Å²) in [4.78, 5) is 12.0. The van der Waals surface area contributed by atoms with E-state index in [9.17, 15) is 13.6 Å². The normalized spacial score (nSPS) is 21.2. The predicted octanol–water partition coefficient (Wildman–Crippen LogP) is 5.07. The fourth-order valence-corrected chi connectivity index (χ4v) is 3.84. The van der Waals surface area contributed by atoms with Gasteiger partial charge >= 0.3 is 5.97 Å². The molecule has 0 spiro atoms. The van der Waals surface area contributed by atoms with E-state index in [1.807, 2.05) is 6.08 Å². The van der Waals surface area contributed by atoms with E-state index < -0.39 is 11.6 Å². The maximum Gasteiger partial charge on any atom is 0.313 e. The van der Waals surface area contributed by atoms with Gasteiger partial charge in [-0.05, 0) is 47.8 Å². The summed E-state index contributed by atoms with van der Waals surface area (Å²) in [5, 5.41) is 0. The number of rotatable bonds is 7. The van der Waals surface area contributed by atoms with Crippen molar-refractivity contribution < 1.29 is 18.3 Å². The van der Waals surface area contributed by atoms with Gasteiger partial charge in [-0.1, -0.05) is 33.8 Å². The smallest absolute Gasteiger partial charge is 0.313 e. The number of esters is 1. The van der Waals surface area contributed by atoms with E-state index in [1.165, 1.54) is 12.1 Å². The first kappa shape index (κ1) is 18.6. The van der Waals surface area contributed by atoms with Crippen LogP contribution in [0, 0.1) is 28.4 Å². The lowest BCUT2D eigenvalue weighted by molar-refractivity contribution is -0.199. The minimum Gasteiger partial charge on any atom is -0.461 e. The number of cyclic esters (lactones) is 1. The summed E-state index contributed by atoms with van der Waals surface area (Å²) >= 11 is 0. The Morgan fingerprint density at radius 2 is 1.75 bits per heavy atom. The number of carbonyl (C=O) groups is 1. The summed E-state index contributed by atoms with van der Waals surface area (Å²) in [6.07, 6.45) is 3.55. The molecule has 2 atom stereocenters. The molecule has 0 saturated carbocycles. The van der Waals surface area contributed by atoms with Crippen LogP contribution in [0.15, 0.2) is 30.9 Å². The van der Waals surface area contributed by atoms with Crippen molar-refractivity contribution in [3.8, 4) is 0 Å².